The van der Waals surface area contributed by atoms with Crippen molar-refractivity contribution < 1.29 is 27.8 Å². The van der Waals surface area contributed by atoms with Crippen LogP contribution in [-0.2, 0) is 9.53 Å². The fourth-order valence-electron chi connectivity index (χ4n) is 4.10. The van der Waals surface area contributed by atoms with Gasteiger partial charge in [0.2, 0.25) is 0 Å². The number of piperazine rings is 1. The summed E-state index contributed by atoms with van der Waals surface area (Å²) >= 11 is 0. The average Bonchev–Trinajstić information content (AvgIpc) is 3.39. The molecule has 0 atom stereocenters. The molecule has 2 aliphatic heterocycles. The van der Waals surface area contributed by atoms with Gasteiger partial charge in [-0.1, -0.05) is 0 Å². The molecule has 3 N–H and O–H groups in total. The van der Waals surface area contributed by atoms with E-state index in [9.17, 15) is 18.4 Å². The smallest absolute Gasteiger partial charge is 0.475 e. The van der Waals surface area contributed by atoms with Gasteiger partial charge in [-0.05, 0) is 30.3 Å². The number of ether oxygens (including phenoxy) is 1. The summed E-state index contributed by atoms with van der Waals surface area (Å²) in [7, 11) is 0. The van der Waals surface area contributed by atoms with Gasteiger partial charge in [-0.25, -0.2) is 9.78 Å². The summed E-state index contributed by atoms with van der Waals surface area (Å²) < 4.78 is 37.2. The molecule has 3 aromatic heterocycles. The Bertz CT molecular complexity index is 1280. The number of anilines is 2. The number of hydrogen-bond acceptors (Lipinski definition) is 8. The summed E-state index contributed by atoms with van der Waals surface area (Å²) in [4.78, 5) is 26.0. The first kappa shape index (κ1) is 26.9. The number of carboxylic acid groups (broad SMARTS) is 1. The van der Waals surface area contributed by atoms with Crippen molar-refractivity contribution in [1.29, 1.82) is 5.26 Å². The molecular formula is C25H26F3N7O3. The number of nitriles is 1. The summed E-state index contributed by atoms with van der Waals surface area (Å²) in [6.45, 7) is 6.83. The fourth-order valence-corrected chi connectivity index (χ4v) is 4.10. The highest BCUT2D eigenvalue weighted by atomic mass is 19.4. The molecule has 2 fully saturated rings. The van der Waals surface area contributed by atoms with Crippen LogP contribution in [-0.4, -0.2) is 84.7 Å². The second-order valence-electron chi connectivity index (χ2n) is 8.53. The van der Waals surface area contributed by atoms with Crippen LogP contribution in [0.15, 0.2) is 42.7 Å². The molecule has 0 saturated carbocycles. The quantitative estimate of drug-likeness (QED) is 0.467. The normalized spacial score (nSPS) is 15.8. The van der Waals surface area contributed by atoms with Crippen molar-refractivity contribution in [3.05, 3.63) is 48.3 Å². The Morgan fingerprint density at radius 2 is 1.74 bits per heavy atom. The Kier molecular flexibility index (Phi) is 8.45. The van der Waals surface area contributed by atoms with Gasteiger partial charge >= 0.3 is 12.1 Å². The molecular weight excluding hydrogens is 503 g/mol. The number of halogens is 3. The Hall–Kier alpha value is -4.15. The van der Waals surface area contributed by atoms with Crippen LogP contribution in [0.25, 0.3) is 22.5 Å². The maximum atomic E-state index is 10.6. The lowest BCUT2D eigenvalue weighted by molar-refractivity contribution is -0.192. The molecule has 2 saturated heterocycles. The predicted molar refractivity (Wildman–Crippen MR) is 134 cm³/mol. The van der Waals surface area contributed by atoms with Gasteiger partial charge in [0, 0.05) is 68.5 Å². The van der Waals surface area contributed by atoms with Crippen LogP contribution < -0.4 is 15.1 Å². The summed E-state index contributed by atoms with van der Waals surface area (Å²) in [6, 6.07) is 12.4. The number of alkyl halides is 3. The third-order valence-electron chi connectivity index (χ3n) is 6.04. The number of morpholine rings is 1. The van der Waals surface area contributed by atoms with Crippen LogP contribution in [0.4, 0.5) is 24.8 Å². The Morgan fingerprint density at radius 3 is 2.34 bits per heavy atom. The van der Waals surface area contributed by atoms with Gasteiger partial charge in [0.15, 0.2) is 0 Å². The minimum absolute atomic E-state index is 0.673. The van der Waals surface area contributed by atoms with E-state index in [4.69, 9.17) is 14.6 Å². The highest BCUT2D eigenvalue weighted by molar-refractivity contribution is 5.73. The number of nitrogens with zero attached hydrogens (tertiary/aromatic N) is 5. The van der Waals surface area contributed by atoms with E-state index in [2.05, 4.69) is 42.2 Å². The second-order valence-corrected chi connectivity index (χ2v) is 8.53. The zero-order chi connectivity index (χ0) is 27.1. The molecule has 0 amide bonds. The summed E-state index contributed by atoms with van der Waals surface area (Å²) in [5, 5.41) is 20.1. The molecule has 0 aliphatic carbocycles. The number of carboxylic acids is 1. The molecule has 0 spiro atoms. The largest absolute Gasteiger partial charge is 0.490 e. The lowest BCUT2D eigenvalue weighted by Crippen LogP contribution is -2.44. The standard InChI is InChI=1S/C23H25N7O.C2HF3O2/c24-15-19-14-21(28-23(19)30-7-5-25-6-8-30)17-3-4-26-20(13-17)18-1-2-22(27-16-18)29-9-11-31-12-10-29;3-2(4,5)1(6)7/h1-4,13-14,16,25,28H,5-12H2;(H,6,7). The molecule has 38 heavy (non-hydrogen) atoms. The number of pyridine rings is 2. The van der Waals surface area contributed by atoms with E-state index in [1.54, 1.807) is 6.20 Å². The van der Waals surface area contributed by atoms with Crippen molar-refractivity contribution in [2.45, 2.75) is 6.18 Å². The van der Waals surface area contributed by atoms with E-state index in [-0.39, 0.29) is 0 Å². The third-order valence-corrected chi connectivity index (χ3v) is 6.04. The number of carbonyl (C=O) groups is 1. The van der Waals surface area contributed by atoms with Crippen LogP contribution in [0.3, 0.4) is 0 Å². The van der Waals surface area contributed by atoms with Crippen LogP contribution in [0.1, 0.15) is 5.56 Å². The zero-order valence-corrected chi connectivity index (χ0v) is 20.3. The predicted octanol–water partition coefficient (Wildman–Crippen LogP) is 2.89. The molecule has 0 bridgehead atoms. The minimum atomic E-state index is -5.08. The van der Waals surface area contributed by atoms with Crippen molar-refractivity contribution in [2.24, 2.45) is 0 Å². The number of aliphatic carboxylic acids is 1. The van der Waals surface area contributed by atoms with E-state index in [1.165, 1.54) is 0 Å². The Morgan fingerprint density at radius 1 is 1.03 bits per heavy atom. The first-order chi connectivity index (χ1) is 18.3. The van der Waals surface area contributed by atoms with E-state index in [1.807, 2.05) is 30.5 Å². The molecule has 0 radical (unpaired) electrons. The summed E-state index contributed by atoms with van der Waals surface area (Å²) in [5.74, 6) is -0.895. The molecule has 5 heterocycles. The van der Waals surface area contributed by atoms with Crippen LogP contribution in [0.2, 0.25) is 0 Å². The topological polar surface area (TPSA) is 130 Å². The molecule has 3 aromatic rings. The monoisotopic (exact) mass is 529 g/mol. The van der Waals surface area contributed by atoms with Crippen molar-refractivity contribution in [3.63, 3.8) is 0 Å². The number of hydrogen-bond donors (Lipinski definition) is 3. The highest BCUT2D eigenvalue weighted by Crippen LogP contribution is 2.30. The first-order valence-corrected chi connectivity index (χ1v) is 11.9. The van der Waals surface area contributed by atoms with Gasteiger partial charge in [-0.15, -0.1) is 0 Å². The average molecular weight is 530 g/mol. The zero-order valence-electron chi connectivity index (χ0n) is 20.3. The summed E-state index contributed by atoms with van der Waals surface area (Å²) in [6.07, 6.45) is -1.41. The van der Waals surface area contributed by atoms with E-state index in [0.717, 1.165) is 86.6 Å². The van der Waals surface area contributed by atoms with Crippen LogP contribution >= 0.6 is 0 Å². The lowest BCUT2D eigenvalue weighted by atomic mass is 10.1. The molecule has 0 aromatic carbocycles. The van der Waals surface area contributed by atoms with E-state index in [0.29, 0.717) is 5.56 Å². The lowest BCUT2D eigenvalue weighted by Gasteiger charge is -2.28. The third kappa shape index (κ3) is 6.58. The maximum Gasteiger partial charge on any atom is 0.490 e. The molecule has 5 rings (SSSR count). The second kappa shape index (κ2) is 11.9. The number of aromatic amines is 1. The van der Waals surface area contributed by atoms with Crippen LogP contribution in [0, 0.1) is 11.3 Å². The van der Waals surface area contributed by atoms with Crippen molar-refractivity contribution in [2.75, 3.05) is 62.3 Å². The molecule has 200 valence electrons. The van der Waals surface area contributed by atoms with Gasteiger partial charge in [0.25, 0.3) is 0 Å². The first-order valence-electron chi connectivity index (χ1n) is 11.9. The number of nitrogens with one attached hydrogen (secondary N) is 2. The Labute approximate surface area is 216 Å². The van der Waals surface area contributed by atoms with Crippen LogP contribution in [0.5, 0.6) is 0 Å². The van der Waals surface area contributed by atoms with Gasteiger partial charge in [0.1, 0.15) is 17.7 Å². The molecule has 13 heteroatoms. The SMILES string of the molecule is N#Cc1cc(-c2ccnc(-c3ccc(N4CCOCC4)nc3)c2)[nH]c1N1CCNCC1.O=C(O)C(F)(F)F. The maximum absolute atomic E-state index is 10.6. The molecule has 0 unspecified atom stereocenters. The summed E-state index contributed by atoms with van der Waals surface area (Å²) in [5.41, 5.74) is 4.42. The fraction of sp³-hybridized carbons (Fsp3) is 0.360. The van der Waals surface area contributed by atoms with Crippen molar-refractivity contribution in [3.8, 4) is 28.6 Å². The highest BCUT2D eigenvalue weighted by Gasteiger charge is 2.38. The molecule has 2 aliphatic rings. The van der Waals surface area contributed by atoms with Gasteiger partial charge in [-0.2, -0.15) is 18.4 Å². The van der Waals surface area contributed by atoms with Gasteiger partial charge in [-0.3, -0.25) is 4.98 Å². The van der Waals surface area contributed by atoms with E-state index < -0.39 is 12.1 Å². The molecule has 10 nitrogen and oxygen atoms in total. The minimum Gasteiger partial charge on any atom is -0.475 e. The van der Waals surface area contributed by atoms with E-state index >= 15 is 0 Å². The van der Waals surface area contributed by atoms with Gasteiger partial charge < -0.3 is 29.9 Å². The number of aromatic nitrogens is 3. The Balaban J connectivity index is 0.000000426. The number of rotatable bonds is 4. The van der Waals surface area contributed by atoms with Gasteiger partial charge in [0.05, 0.1) is 24.5 Å². The van der Waals surface area contributed by atoms with Crippen molar-refractivity contribution in [1.82, 2.24) is 20.3 Å². The van der Waals surface area contributed by atoms with Crippen molar-refractivity contribution >= 4 is 17.6 Å². The number of H-pyrrole nitrogens is 1.